The topological polar surface area (TPSA) is 148 Å². The summed E-state index contributed by atoms with van der Waals surface area (Å²) >= 11 is 0. The number of urea groups is 1. The highest BCUT2D eigenvalue weighted by Crippen LogP contribution is 2.55. The van der Waals surface area contributed by atoms with Gasteiger partial charge >= 0.3 is 13.6 Å². The third-order valence-corrected chi connectivity index (χ3v) is 9.07. The largest absolute Gasteiger partial charge is 0.378 e. The molecule has 2 N–H and O–H groups in total. The van der Waals surface area contributed by atoms with Gasteiger partial charge in [-0.3, -0.25) is 14.8 Å². The summed E-state index contributed by atoms with van der Waals surface area (Å²) in [5, 5.41) is 21.2. The van der Waals surface area contributed by atoms with Crippen molar-refractivity contribution in [1.82, 2.24) is 30.3 Å². The number of rotatable bonds is 16. The first-order valence-corrected chi connectivity index (χ1v) is 16.6. The van der Waals surface area contributed by atoms with Crippen molar-refractivity contribution in [2.75, 3.05) is 6.54 Å². The summed E-state index contributed by atoms with van der Waals surface area (Å²) in [4.78, 5) is 25.8. The van der Waals surface area contributed by atoms with Crippen LogP contribution in [-0.2, 0) is 56.1 Å². The second-order valence-electron chi connectivity index (χ2n) is 10.8. The van der Waals surface area contributed by atoms with Gasteiger partial charge in [-0.2, -0.15) is 0 Å². The van der Waals surface area contributed by atoms with Crippen molar-refractivity contribution in [2.24, 2.45) is 0 Å². The number of aromatic nitrogens is 3. The normalized spacial score (nSPS) is 14.6. The predicted molar refractivity (Wildman–Crippen MR) is 172 cm³/mol. The number of carbonyl (C=O) groups excluding carboxylic acids is 2. The zero-order valence-electron chi connectivity index (χ0n) is 25.9. The van der Waals surface area contributed by atoms with Crippen molar-refractivity contribution in [1.29, 1.82) is 0 Å². The number of amides is 3. The lowest BCUT2D eigenvalue weighted by atomic mass is 10.2. The van der Waals surface area contributed by atoms with Gasteiger partial charge in [0.05, 0.1) is 39.1 Å². The van der Waals surface area contributed by atoms with Crippen molar-refractivity contribution >= 4 is 19.5 Å². The molecule has 246 valence electrons. The summed E-state index contributed by atoms with van der Waals surface area (Å²) in [6.45, 7) is 1.66. The van der Waals surface area contributed by atoms with E-state index < -0.39 is 25.6 Å². The molecule has 0 saturated carbocycles. The molecule has 3 amide bonds. The number of hydrogen-bond acceptors (Lipinski definition) is 9. The Hall–Kier alpha value is -4.65. The minimum Gasteiger partial charge on any atom is -0.378 e. The molecule has 5 rings (SSSR count). The monoisotopic (exact) mass is 660 g/mol. The zero-order valence-corrected chi connectivity index (χ0v) is 26.8. The fourth-order valence-electron chi connectivity index (χ4n) is 4.72. The third kappa shape index (κ3) is 9.67. The first-order valence-electron chi connectivity index (χ1n) is 15.0. The lowest BCUT2D eigenvalue weighted by Gasteiger charge is -2.30. The van der Waals surface area contributed by atoms with E-state index in [4.69, 9.17) is 13.8 Å². The smallest absolute Gasteiger partial charge is 0.362 e. The fraction of sp³-hybridized carbons (Fsp3) is 0.273. The summed E-state index contributed by atoms with van der Waals surface area (Å²) in [5.74, 6) is -2.08. The number of nitrogens with one attached hydrogen (secondary N) is 1. The van der Waals surface area contributed by atoms with E-state index >= 15 is 0 Å². The quantitative estimate of drug-likeness (QED) is 0.164. The molecule has 4 aromatic rings. The highest BCUT2D eigenvalue weighted by molar-refractivity contribution is 7.54. The Bertz CT molecular complexity index is 1630. The minimum atomic E-state index is -4.24. The molecule has 0 fully saturated rings. The Morgan fingerprint density at radius 2 is 1.47 bits per heavy atom. The van der Waals surface area contributed by atoms with Gasteiger partial charge in [-0.1, -0.05) is 96.2 Å². The third-order valence-electron chi connectivity index (χ3n) is 7.11. The maximum Gasteiger partial charge on any atom is 0.362 e. The van der Waals surface area contributed by atoms with Gasteiger partial charge in [0.25, 0.3) is 0 Å². The van der Waals surface area contributed by atoms with E-state index in [1.807, 2.05) is 91.0 Å². The molecule has 0 bridgehead atoms. The van der Waals surface area contributed by atoms with E-state index in [0.29, 0.717) is 12.2 Å². The van der Waals surface area contributed by atoms with E-state index in [9.17, 15) is 19.3 Å². The van der Waals surface area contributed by atoms with E-state index in [-0.39, 0.29) is 38.8 Å². The van der Waals surface area contributed by atoms with E-state index in [1.54, 1.807) is 12.3 Å². The van der Waals surface area contributed by atoms with E-state index in [0.717, 1.165) is 21.7 Å². The number of nitrogens with zero attached hydrogens (tertiary/aromatic N) is 5. The summed E-state index contributed by atoms with van der Waals surface area (Å²) in [7, 11) is -4.24. The Kier molecular flexibility index (Phi) is 11.7. The van der Waals surface area contributed by atoms with Crippen molar-refractivity contribution < 1.29 is 33.0 Å². The number of aliphatic hydroxyl groups is 1. The van der Waals surface area contributed by atoms with Gasteiger partial charge in [0.2, 0.25) is 5.91 Å². The van der Waals surface area contributed by atoms with Crippen LogP contribution < -0.4 is 5.43 Å². The van der Waals surface area contributed by atoms with Gasteiger partial charge in [-0.25, -0.2) is 14.5 Å². The molecule has 47 heavy (non-hydrogen) atoms. The lowest BCUT2D eigenvalue weighted by Crippen LogP contribution is -2.50. The van der Waals surface area contributed by atoms with Gasteiger partial charge in [0.15, 0.2) is 5.85 Å². The highest BCUT2D eigenvalue weighted by atomic mass is 31.2. The molecule has 14 heteroatoms. The molecule has 0 aliphatic carbocycles. The predicted octanol–water partition coefficient (Wildman–Crippen LogP) is 4.61. The molecule has 1 aromatic heterocycles. The molecule has 1 aliphatic heterocycles. The van der Waals surface area contributed by atoms with Crippen LogP contribution in [0.4, 0.5) is 4.79 Å². The van der Waals surface area contributed by atoms with E-state index in [1.165, 1.54) is 22.7 Å². The van der Waals surface area contributed by atoms with Crippen LogP contribution in [0, 0.1) is 0 Å². The number of aliphatic hydroxyl groups excluding tert-OH is 1. The molecular weight excluding hydrogens is 623 g/mol. The van der Waals surface area contributed by atoms with Gasteiger partial charge in [0.1, 0.15) is 11.8 Å². The zero-order chi connectivity index (χ0) is 33.1. The Labute approximate surface area is 272 Å². The van der Waals surface area contributed by atoms with Gasteiger partial charge < -0.3 is 23.8 Å². The summed E-state index contributed by atoms with van der Waals surface area (Å²) in [5.41, 5.74) is 5.26. The first-order chi connectivity index (χ1) is 22.8. The minimum absolute atomic E-state index is 0.0553. The van der Waals surface area contributed by atoms with Crippen molar-refractivity contribution in [2.45, 2.75) is 51.8 Å². The fourth-order valence-corrected chi connectivity index (χ4v) is 6.35. The molecule has 0 spiro atoms. The molecule has 3 aromatic carbocycles. The average Bonchev–Trinajstić information content (AvgIpc) is 3.54. The second-order valence-corrected chi connectivity index (χ2v) is 12.9. The maximum absolute atomic E-state index is 14.4. The lowest BCUT2D eigenvalue weighted by molar-refractivity contribution is -0.122. The van der Waals surface area contributed by atoms with Crippen LogP contribution in [0.25, 0.3) is 0 Å². The number of benzene rings is 3. The van der Waals surface area contributed by atoms with Gasteiger partial charge in [-0.05, 0) is 22.8 Å². The van der Waals surface area contributed by atoms with Crippen LogP contribution in [0.1, 0.15) is 29.3 Å². The van der Waals surface area contributed by atoms with Crippen LogP contribution in [0.15, 0.2) is 109 Å². The van der Waals surface area contributed by atoms with E-state index in [2.05, 4.69) is 15.7 Å². The van der Waals surface area contributed by atoms with Crippen molar-refractivity contribution in [3.05, 3.63) is 132 Å². The molecule has 2 atom stereocenters. The van der Waals surface area contributed by atoms with Crippen LogP contribution >= 0.6 is 7.60 Å². The Morgan fingerprint density at radius 3 is 2.02 bits per heavy atom. The Balaban J connectivity index is 1.35. The average molecular weight is 661 g/mol. The molecule has 0 unspecified atom stereocenters. The van der Waals surface area contributed by atoms with Crippen molar-refractivity contribution in [3.63, 3.8) is 0 Å². The SMILES string of the molecule is CC(=O)NN1C=CCN(Cc2cn(C[C@H](OCc3ccccc3)[C@H](O)P(=O)(OCc3ccccc3)OCc3ccccc3)nn2)C1=O. The summed E-state index contributed by atoms with van der Waals surface area (Å²) in [6, 6.07) is 27.3. The number of hydrazine groups is 1. The van der Waals surface area contributed by atoms with Crippen LogP contribution in [0.2, 0.25) is 0 Å². The van der Waals surface area contributed by atoms with Gasteiger partial charge in [-0.15, -0.1) is 5.10 Å². The number of hydrogen-bond donors (Lipinski definition) is 2. The summed E-state index contributed by atoms with van der Waals surface area (Å²) < 4.78 is 33.8. The first kappa shape index (κ1) is 33.7. The Morgan fingerprint density at radius 1 is 0.915 bits per heavy atom. The standard InChI is InChI=1S/C33H37N6O7P/c1-26(40)35-39-19-11-18-37(33(39)42)20-30-21-38(36-34-30)22-31(44-23-27-12-5-2-6-13-27)32(41)47(43,45-24-28-14-7-3-8-15-28)46-25-29-16-9-4-10-17-29/h2-17,19,21,31-32,41H,18,20,22-25H2,1H3,(H,35,40)/t31-,32+/m0/s1. The molecular formula is C33H37N6O7P. The van der Waals surface area contributed by atoms with Crippen LogP contribution in [0.3, 0.4) is 0 Å². The second kappa shape index (κ2) is 16.3. The number of ether oxygens (including phenoxy) is 1. The van der Waals surface area contributed by atoms with Crippen molar-refractivity contribution in [3.8, 4) is 0 Å². The highest BCUT2D eigenvalue weighted by Gasteiger charge is 2.42. The summed E-state index contributed by atoms with van der Waals surface area (Å²) in [6.07, 6.45) is 3.73. The van der Waals surface area contributed by atoms with Crippen LogP contribution in [0.5, 0.6) is 0 Å². The molecule has 2 heterocycles. The van der Waals surface area contributed by atoms with Crippen LogP contribution in [-0.4, -0.2) is 60.4 Å². The number of carbonyl (C=O) groups is 2. The molecule has 0 radical (unpaired) electrons. The molecule has 13 nitrogen and oxygen atoms in total. The maximum atomic E-state index is 14.4. The molecule has 1 aliphatic rings. The van der Waals surface area contributed by atoms with Gasteiger partial charge in [0, 0.05) is 19.7 Å². The molecule has 0 saturated heterocycles.